The predicted molar refractivity (Wildman–Crippen MR) is 45.3 cm³/mol. The second kappa shape index (κ2) is 4.56. The van der Waals surface area contributed by atoms with Crippen molar-refractivity contribution in [3.63, 3.8) is 0 Å². The third-order valence-corrected chi connectivity index (χ3v) is 1.39. The number of likely N-dealkylation sites (N-methyl/N-ethyl adjacent to an activating group) is 1. The van der Waals surface area contributed by atoms with Gasteiger partial charge in [0.15, 0.2) is 0 Å². The maximum atomic E-state index is 11.2. The Balaban J connectivity index is 2.40. The Morgan fingerprint density at radius 1 is 1.54 bits per heavy atom. The Morgan fingerprint density at radius 3 is 2.85 bits per heavy atom. The van der Waals surface area contributed by atoms with Crippen LogP contribution in [0.25, 0.3) is 0 Å². The predicted octanol–water partition coefficient (Wildman–Crippen LogP) is -0.673. The summed E-state index contributed by atoms with van der Waals surface area (Å²) in [6.45, 7) is 2.89. The summed E-state index contributed by atoms with van der Waals surface area (Å²) in [5.41, 5.74) is 0. The summed E-state index contributed by atoms with van der Waals surface area (Å²) < 4.78 is 4.65. The largest absolute Gasteiger partial charge is 0.348 e. The molecule has 0 fully saturated rings. The van der Waals surface area contributed by atoms with E-state index in [0.717, 1.165) is 0 Å². The lowest BCUT2D eigenvalue weighted by atomic mass is 10.5. The van der Waals surface area contributed by atoms with Gasteiger partial charge in [0, 0.05) is 20.0 Å². The standard InChI is InChI=1S/C7H12N4O2/c1-5-10-6(11-13-5)7(12)9-4-3-8-2/h8H,3-4H2,1-2H3,(H,9,12). The zero-order valence-electron chi connectivity index (χ0n) is 7.63. The molecule has 0 bridgehead atoms. The first-order valence-electron chi connectivity index (χ1n) is 3.97. The molecule has 1 aromatic heterocycles. The van der Waals surface area contributed by atoms with E-state index in [2.05, 4.69) is 25.3 Å². The fraction of sp³-hybridized carbons (Fsp3) is 0.571. The molecule has 1 amide bonds. The monoisotopic (exact) mass is 184 g/mol. The lowest BCUT2D eigenvalue weighted by Crippen LogP contribution is -2.31. The number of aryl methyl sites for hydroxylation is 1. The molecule has 1 heterocycles. The fourth-order valence-corrected chi connectivity index (χ4v) is 0.772. The first kappa shape index (κ1) is 9.66. The maximum Gasteiger partial charge on any atom is 0.292 e. The molecular formula is C7H12N4O2. The lowest BCUT2D eigenvalue weighted by molar-refractivity contribution is 0.0941. The number of nitrogens with one attached hydrogen (secondary N) is 2. The van der Waals surface area contributed by atoms with Gasteiger partial charge in [0.05, 0.1) is 0 Å². The normalized spacial score (nSPS) is 10.0. The zero-order valence-corrected chi connectivity index (χ0v) is 7.63. The molecule has 0 aliphatic rings. The van der Waals surface area contributed by atoms with Crippen molar-refractivity contribution in [3.05, 3.63) is 11.7 Å². The number of carbonyl (C=O) groups is 1. The van der Waals surface area contributed by atoms with Gasteiger partial charge in [-0.25, -0.2) is 0 Å². The Bertz CT molecular complexity index is 284. The van der Waals surface area contributed by atoms with E-state index in [1.165, 1.54) is 0 Å². The number of nitrogens with zero attached hydrogens (tertiary/aromatic N) is 2. The van der Waals surface area contributed by atoms with Crippen molar-refractivity contribution < 1.29 is 9.32 Å². The van der Waals surface area contributed by atoms with Gasteiger partial charge < -0.3 is 15.2 Å². The van der Waals surface area contributed by atoms with Gasteiger partial charge in [0.1, 0.15) is 0 Å². The first-order chi connectivity index (χ1) is 6.24. The van der Waals surface area contributed by atoms with E-state index in [0.29, 0.717) is 19.0 Å². The van der Waals surface area contributed by atoms with Crippen molar-refractivity contribution in [2.45, 2.75) is 6.92 Å². The van der Waals surface area contributed by atoms with E-state index >= 15 is 0 Å². The van der Waals surface area contributed by atoms with E-state index in [1.54, 1.807) is 6.92 Å². The third-order valence-electron chi connectivity index (χ3n) is 1.39. The van der Waals surface area contributed by atoms with Gasteiger partial charge >= 0.3 is 0 Å². The molecule has 2 N–H and O–H groups in total. The second-order valence-corrected chi connectivity index (χ2v) is 2.50. The molecule has 0 aromatic carbocycles. The minimum Gasteiger partial charge on any atom is -0.348 e. The van der Waals surface area contributed by atoms with Crippen LogP contribution in [0.15, 0.2) is 4.52 Å². The van der Waals surface area contributed by atoms with E-state index < -0.39 is 0 Å². The molecule has 0 radical (unpaired) electrons. The molecule has 0 spiro atoms. The van der Waals surface area contributed by atoms with Crippen molar-refractivity contribution >= 4 is 5.91 Å². The highest BCUT2D eigenvalue weighted by atomic mass is 16.5. The van der Waals surface area contributed by atoms with E-state index in [-0.39, 0.29) is 11.7 Å². The fourth-order valence-electron chi connectivity index (χ4n) is 0.772. The van der Waals surface area contributed by atoms with Crippen LogP contribution >= 0.6 is 0 Å². The Morgan fingerprint density at radius 2 is 2.31 bits per heavy atom. The second-order valence-electron chi connectivity index (χ2n) is 2.50. The molecule has 13 heavy (non-hydrogen) atoms. The van der Waals surface area contributed by atoms with Crippen LogP contribution in [0, 0.1) is 6.92 Å². The van der Waals surface area contributed by atoms with Crippen molar-refractivity contribution in [3.8, 4) is 0 Å². The molecule has 0 unspecified atom stereocenters. The molecule has 1 aromatic rings. The highest BCUT2D eigenvalue weighted by molar-refractivity contribution is 5.90. The van der Waals surface area contributed by atoms with Crippen molar-refractivity contribution in [1.29, 1.82) is 0 Å². The Kier molecular flexibility index (Phi) is 3.39. The molecule has 0 atom stereocenters. The maximum absolute atomic E-state index is 11.2. The zero-order chi connectivity index (χ0) is 9.68. The topological polar surface area (TPSA) is 80.0 Å². The van der Waals surface area contributed by atoms with E-state index in [9.17, 15) is 4.79 Å². The Hall–Kier alpha value is -1.43. The summed E-state index contributed by atoms with van der Waals surface area (Å²) >= 11 is 0. The molecule has 0 saturated carbocycles. The van der Waals surface area contributed by atoms with Crippen LogP contribution in [0.2, 0.25) is 0 Å². The van der Waals surface area contributed by atoms with Crippen molar-refractivity contribution in [2.75, 3.05) is 20.1 Å². The summed E-state index contributed by atoms with van der Waals surface area (Å²) in [4.78, 5) is 15.0. The first-order valence-corrected chi connectivity index (χ1v) is 3.97. The van der Waals surface area contributed by atoms with Gasteiger partial charge in [0.25, 0.3) is 11.7 Å². The molecular weight excluding hydrogens is 172 g/mol. The Labute approximate surface area is 75.7 Å². The number of hydrogen-bond acceptors (Lipinski definition) is 5. The van der Waals surface area contributed by atoms with Crippen molar-refractivity contribution in [1.82, 2.24) is 20.8 Å². The summed E-state index contributed by atoms with van der Waals surface area (Å²) in [6, 6.07) is 0. The molecule has 72 valence electrons. The highest BCUT2D eigenvalue weighted by Crippen LogP contribution is 1.93. The van der Waals surface area contributed by atoms with E-state index in [1.807, 2.05) is 7.05 Å². The third kappa shape index (κ3) is 2.83. The minimum atomic E-state index is -0.313. The number of hydrogen-bond donors (Lipinski definition) is 2. The van der Waals surface area contributed by atoms with E-state index in [4.69, 9.17) is 0 Å². The van der Waals surface area contributed by atoms with Crippen LogP contribution in [0.5, 0.6) is 0 Å². The van der Waals surface area contributed by atoms with Crippen LogP contribution in [-0.2, 0) is 0 Å². The quantitative estimate of drug-likeness (QED) is 0.606. The number of amides is 1. The lowest BCUT2D eigenvalue weighted by Gasteiger charge is -1.99. The molecule has 6 nitrogen and oxygen atoms in total. The van der Waals surface area contributed by atoms with Crippen LogP contribution in [-0.4, -0.2) is 36.2 Å². The molecule has 0 aliphatic heterocycles. The summed E-state index contributed by atoms with van der Waals surface area (Å²) in [5.74, 6) is 0.152. The van der Waals surface area contributed by atoms with Crippen molar-refractivity contribution in [2.24, 2.45) is 0 Å². The molecule has 1 rings (SSSR count). The van der Waals surface area contributed by atoms with Gasteiger partial charge in [-0.15, -0.1) is 0 Å². The SMILES string of the molecule is CNCCNC(=O)c1noc(C)n1. The summed E-state index contributed by atoms with van der Waals surface area (Å²) in [5, 5.41) is 9.00. The van der Waals surface area contributed by atoms with Gasteiger partial charge in [-0.2, -0.15) is 4.98 Å². The van der Waals surface area contributed by atoms with Crippen LogP contribution < -0.4 is 10.6 Å². The number of carbonyl (C=O) groups excluding carboxylic acids is 1. The van der Waals surface area contributed by atoms with Crippen LogP contribution in [0.3, 0.4) is 0 Å². The van der Waals surface area contributed by atoms with Gasteiger partial charge in [0.2, 0.25) is 5.89 Å². The van der Waals surface area contributed by atoms with Crippen LogP contribution in [0.4, 0.5) is 0 Å². The average Bonchev–Trinajstić information content (AvgIpc) is 2.52. The number of aromatic nitrogens is 2. The highest BCUT2D eigenvalue weighted by Gasteiger charge is 2.10. The minimum absolute atomic E-state index is 0.0774. The number of rotatable bonds is 4. The smallest absolute Gasteiger partial charge is 0.292 e. The average molecular weight is 184 g/mol. The van der Waals surface area contributed by atoms with Gasteiger partial charge in [-0.3, -0.25) is 4.79 Å². The van der Waals surface area contributed by atoms with Gasteiger partial charge in [-0.1, -0.05) is 5.16 Å². The molecule has 6 heteroatoms. The summed E-state index contributed by atoms with van der Waals surface area (Å²) in [7, 11) is 1.81. The van der Waals surface area contributed by atoms with Gasteiger partial charge in [-0.05, 0) is 7.05 Å². The molecule has 0 aliphatic carbocycles. The summed E-state index contributed by atoms with van der Waals surface area (Å²) in [6.07, 6.45) is 0. The van der Waals surface area contributed by atoms with Crippen LogP contribution in [0.1, 0.15) is 16.5 Å². The molecule has 0 saturated heterocycles.